The summed E-state index contributed by atoms with van der Waals surface area (Å²) < 4.78 is 5.60. The van der Waals surface area contributed by atoms with Crippen LogP contribution in [-0.4, -0.2) is 75.1 Å². The molecular weight excluding hydrogens is 444 g/mol. The number of carbonyl (C=O) groups is 3. The largest absolute Gasteiger partial charge is 0.508 e. The minimum absolute atomic E-state index is 0.102. The summed E-state index contributed by atoms with van der Waals surface area (Å²) in [5, 5.41) is 45.4. The molecule has 0 aliphatic heterocycles. The standard InChI is InChI=1S/C24H28N2O8/c1-5-34-13-8-6-7-10-14(13)18(27)15-11(23(10,2)32)9-12-17(26(3)4)19(28)16(22(25)31)21(30)24(12,33)20(15)29/h6-8,11-12,17,27,30,32-33H,5,9H2,1-4H3,(H2,25,31)/t11-,12-,17-,23+,24-/m0/s1. The normalized spacial score (nSPS) is 33.0. The first-order chi connectivity index (χ1) is 15.8. The van der Waals surface area contributed by atoms with Gasteiger partial charge in [-0.25, -0.2) is 0 Å². The van der Waals surface area contributed by atoms with Crippen molar-refractivity contribution >= 4 is 23.2 Å². The Kier molecular flexibility index (Phi) is 5.39. The topological polar surface area (TPSA) is 171 Å². The first-order valence-corrected chi connectivity index (χ1v) is 10.9. The lowest BCUT2D eigenvalue weighted by atomic mass is 9.54. The lowest BCUT2D eigenvalue weighted by Crippen LogP contribution is -2.67. The van der Waals surface area contributed by atoms with Crippen LogP contribution in [-0.2, 0) is 20.0 Å². The second-order valence-corrected chi connectivity index (χ2v) is 9.37. The van der Waals surface area contributed by atoms with Crippen molar-refractivity contribution in [2.24, 2.45) is 17.6 Å². The zero-order valence-electron chi connectivity index (χ0n) is 19.3. The molecule has 3 aliphatic carbocycles. The van der Waals surface area contributed by atoms with Crippen LogP contribution >= 0.6 is 0 Å². The molecule has 5 atom stereocenters. The van der Waals surface area contributed by atoms with E-state index in [4.69, 9.17) is 10.5 Å². The van der Waals surface area contributed by atoms with E-state index in [0.29, 0.717) is 5.56 Å². The van der Waals surface area contributed by atoms with Gasteiger partial charge in [0.1, 0.15) is 22.8 Å². The Labute approximate surface area is 195 Å². The number of Topliss-reactive ketones (excluding diaryl/α,β-unsaturated/α-hetero) is 2. The molecule has 1 aromatic carbocycles. The molecule has 1 fully saturated rings. The lowest BCUT2D eigenvalue weighted by molar-refractivity contribution is -0.159. The van der Waals surface area contributed by atoms with Gasteiger partial charge in [-0.05, 0) is 46.0 Å². The van der Waals surface area contributed by atoms with Crippen LogP contribution in [0.4, 0.5) is 0 Å². The molecule has 3 aliphatic rings. The Morgan fingerprint density at radius 1 is 1.24 bits per heavy atom. The van der Waals surface area contributed by atoms with Gasteiger partial charge in [-0.3, -0.25) is 19.3 Å². The van der Waals surface area contributed by atoms with Gasteiger partial charge in [0.15, 0.2) is 11.4 Å². The first kappa shape index (κ1) is 23.9. The van der Waals surface area contributed by atoms with Gasteiger partial charge in [-0.15, -0.1) is 0 Å². The smallest absolute Gasteiger partial charge is 0.255 e. The van der Waals surface area contributed by atoms with E-state index >= 15 is 0 Å². The number of hydrogen-bond donors (Lipinski definition) is 5. The zero-order chi connectivity index (χ0) is 25.3. The van der Waals surface area contributed by atoms with Crippen molar-refractivity contribution in [3.8, 4) is 5.75 Å². The van der Waals surface area contributed by atoms with Crippen LogP contribution in [0.25, 0.3) is 5.76 Å². The first-order valence-electron chi connectivity index (χ1n) is 10.9. The van der Waals surface area contributed by atoms with Gasteiger partial charge in [-0.1, -0.05) is 12.1 Å². The number of likely N-dealkylation sites (N-methyl/N-ethyl adjacent to an activating group) is 1. The molecule has 4 rings (SSSR count). The van der Waals surface area contributed by atoms with Crippen molar-refractivity contribution < 1.29 is 39.5 Å². The molecule has 6 N–H and O–H groups in total. The summed E-state index contributed by atoms with van der Waals surface area (Å²) in [7, 11) is 3.06. The van der Waals surface area contributed by atoms with E-state index in [2.05, 4.69) is 0 Å². The number of ether oxygens (including phenoxy) is 1. The van der Waals surface area contributed by atoms with Crippen LogP contribution < -0.4 is 10.5 Å². The molecule has 0 unspecified atom stereocenters. The highest BCUT2D eigenvalue weighted by molar-refractivity contribution is 6.24. The highest BCUT2D eigenvalue weighted by Crippen LogP contribution is 2.57. The molecule has 10 heteroatoms. The summed E-state index contributed by atoms with van der Waals surface area (Å²) in [4.78, 5) is 40.4. The van der Waals surface area contributed by atoms with E-state index in [1.165, 1.54) is 25.9 Å². The Morgan fingerprint density at radius 2 is 1.88 bits per heavy atom. The summed E-state index contributed by atoms with van der Waals surface area (Å²) in [5.74, 6) is -6.88. The highest BCUT2D eigenvalue weighted by Gasteiger charge is 2.66. The quantitative estimate of drug-likeness (QED) is 0.387. The van der Waals surface area contributed by atoms with Gasteiger partial charge in [-0.2, -0.15) is 0 Å². The number of amides is 1. The van der Waals surface area contributed by atoms with Crippen molar-refractivity contribution in [3.63, 3.8) is 0 Å². The van der Waals surface area contributed by atoms with Crippen LogP contribution in [0.15, 0.2) is 35.1 Å². The monoisotopic (exact) mass is 472 g/mol. The zero-order valence-corrected chi connectivity index (χ0v) is 19.3. The van der Waals surface area contributed by atoms with Crippen molar-refractivity contribution in [3.05, 3.63) is 46.2 Å². The number of aliphatic hydroxyl groups excluding tert-OH is 2. The van der Waals surface area contributed by atoms with Crippen LogP contribution in [0.3, 0.4) is 0 Å². The third-order valence-electron chi connectivity index (χ3n) is 7.30. The third kappa shape index (κ3) is 2.88. The van der Waals surface area contributed by atoms with Crippen molar-refractivity contribution in [2.45, 2.75) is 37.5 Å². The van der Waals surface area contributed by atoms with Gasteiger partial charge in [0.05, 0.1) is 23.8 Å². The van der Waals surface area contributed by atoms with Gasteiger partial charge < -0.3 is 30.9 Å². The Bertz CT molecular complexity index is 1180. The summed E-state index contributed by atoms with van der Waals surface area (Å²) in [6.45, 7) is 3.47. The third-order valence-corrected chi connectivity index (χ3v) is 7.30. The van der Waals surface area contributed by atoms with Crippen LogP contribution in [0.5, 0.6) is 5.75 Å². The number of hydrogen-bond acceptors (Lipinski definition) is 9. The molecule has 10 nitrogen and oxygen atoms in total. The van der Waals surface area contributed by atoms with Crippen molar-refractivity contribution in [1.29, 1.82) is 0 Å². The molecule has 0 bridgehead atoms. The second-order valence-electron chi connectivity index (χ2n) is 9.37. The van der Waals surface area contributed by atoms with Crippen LogP contribution in [0, 0.1) is 11.8 Å². The molecule has 1 saturated carbocycles. The Morgan fingerprint density at radius 3 is 2.44 bits per heavy atom. The van der Waals surface area contributed by atoms with E-state index in [9.17, 15) is 34.8 Å². The fraction of sp³-hybridized carbons (Fsp3) is 0.458. The summed E-state index contributed by atoms with van der Waals surface area (Å²) in [5.41, 5.74) is 0.174. The predicted octanol–water partition coefficient (Wildman–Crippen LogP) is 0.322. The lowest BCUT2D eigenvalue weighted by Gasteiger charge is -2.53. The van der Waals surface area contributed by atoms with Crippen LogP contribution in [0.1, 0.15) is 31.4 Å². The van der Waals surface area contributed by atoms with E-state index in [-0.39, 0.29) is 29.9 Å². The molecule has 0 radical (unpaired) electrons. The number of fused-ring (bicyclic) bond motifs is 3. The molecule has 34 heavy (non-hydrogen) atoms. The maximum Gasteiger partial charge on any atom is 0.255 e. The van der Waals surface area contributed by atoms with Gasteiger partial charge in [0, 0.05) is 17.4 Å². The van der Waals surface area contributed by atoms with Crippen molar-refractivity contribution in [1.82, 2.24) is 4.90 Å². The van der Waals surface area contributed by atoms with Crippen molar-refractivity contribution in [2.75, 3.05) is 20.7 Å². The Hall–Kier alpha value is -3.21. The SMILES string of the molecule is CCOc1cccc2c1C(O)=C1C(=O)[C@]3(O)C(O)=C(C(N)=O)C(=O)[C@@H](N(C)C)[C@@H]3C[C@@H]1[C@]2(C)O. The van der Waals surface area contributed by atoms with Gasteiger partial charge >= 0.3 is 0 Å². The predicted molar refractivity (Wildman–Crippen MR) is 120 cm³/mol. The minimum Gasteiger partial charge on any atom is -0.508 e. The Balaban J connectivity index is 2.04. The summed E-state index contributed by atoms with van der Waals surface area (Å²) in [6.07, 6.45) is -0.155. The number of ketones is 2. The molecule has 0 spiro atoms. The average molecular weight is 472 g/mol. The number of aliphatic hydroxyl groups is 4. The molecule has 0 heterocycles. The van der Waals surface area contributed by atoms with E-state index in [1.807, 2.05) is 0 Å². The molecular formula is C24H28N2O8. The number of benzene rings is 1. The second kappa shape index (κ2) is 7.66. The minimum atomic E-state index is -2.71. The molecule has 1 aromatic rings. The fourth-order valence-corrected chi connectivity index (χ4v) is 5.76. The van der Waals surface area contributed by atoms with Crippen LogP contribution in [0.2, 0.25) is 0 Å². The maximum atomic E-state index is 13.9. The number of carbonyl (C=O) groups excluding carboxylic acids is 3. The van der Waals surface area contributed by atoms with E-state index in [1.54, 1.807) is 25.1 Å². The molecule has 0 aromatic heterocycles. The summed E-state index contributed by atoms with van der Waals surface area (Å²) >= 11 is 0. The number of nitrogens with two attached hydrogens (primary N) is 1. The fourth-order valence-electron chi connectivity index (χ4n) is 5.76. The summed E-state index contributed by atoms with van der Waals surface area (Å²) in [6, 6.07) is 3.64. The van der Waals surface area contributed by atoms with E-state index in [0.717, 1.165) is 0 Å². The highest BCUT2D eigenvalue weighted by atomic mass is 16.5. The number of nitrogens with zero attached hydrogens (tertiary/aromatic N) is 1. The molecule has 182 valence electrons. The molecule has 1 amide bonds. The van der Waals surface area contributed by atoms with E-state index < -0.39 is 63.6 Å². The average Bonchev–Trinajstić information content (AvgIpc) is 2.74. The molecule has 0 saturated heterocycles. The van der Waals surface area contributed by atoms with Gasteiger partial charge in [0.25, 0.3) is 5.91 Å². The number of primary amides is 1. The maximum absolute atomic E-state index is 13.9. The van der Waals surface area contributed by atoms with Gasteiger partial charge in [0.2, 0.25) is 5.78 Å². The number of rotatable bonds is 4.